The molecule has 3 nitrogen and oxygen atoms in total. The van der Waals surface area contributed by atoms with Gasteiger partial charge in [-0.25, -0.2) is 0 Å². The van der Waals surface area contributed by atoms with Crippen molar-refractivity contribution in [1.82, 2.24) is 0 Å². The Hall–Kier alpha value is -1.19. The maximum atomic E-state index is 11.0. The zero-order chi connectivity index (χ0) is 10.6. The van der Waals surface area contributed by atoms with Crippen molar-refractivity contribution in [3.63, 3.8) is 0 Å². The first-order valence-electron chi connectivity index (χ1n) is 4.43. The van der Waals surface area contributed by atoms with Crippen LogP contribution in [0.4, 0.5) is 0 Å². The highest BCUT2D eigenvalue weighted by Crippen LogP contribution is 2.20. The molecule has 1 rings (SSSR count). The van der Waals surface area contributed by atoms with E-state index in [1.165, 1.54) is 14.0 Å². The average molecular weight is 194 g/mol. The molecule has 0 amide bonds. The topological polar surface area (TPSA) is 46.5 Å². The van der Waals surface area contributed by atoms with E-state index in [1.807, 2.05) is 30.3 Å². The van der Waals surface area contributed by atoms with Crippen molar-refractivity contribution in [2.24, 2.45) is 0 Å². The third kappa shape index (κ3) is 2.40. The monoisotopic (exact) mass is 194 g/mol. The van der Waals surface area contributed by atoms with Crippen molar-refractivity contribution >= 4 is 5.78 Å². The van der Waals surface area contributed by atoms with Gasteiger partial charge in [0.05, 0.1) is 0 Å². The van der Waals surface area contributed by atoms with E-state index in [4.69, 9.17) is 4.74 Å². The van der Waals surface area contributed by atoms with E-state index in [0.29, 0.717) is 0 Å². The van der Waals surface area contributed by atoms with Gasteiger partial charge in [-0.2, -0.15) is 0 Å². The second kappa shape index (κ2) is 4.88. The lowest BCUT2D eigenvalue weighted by molar-refractivity contribution is -0.132. The van der Waals surface area contributed by atoms with Gasteiger partial charge in [0.1, 0.15) is 12.2 Å². The minimum atomic E-state index is -1.10. The molecule has 0 aromatic heterocycles. The number of carbonyl (C=O) groups excluding carboxylic acids is 1. The third-order valence-electron chi connectivity index (χ3n) is 2.09. The van der Waals surface area contributed by atoms with Gasteiger partial charge in [-0.1, -0.05) is 30.3 Å². The summed E-state index contributed by atoms with van der Waals surface area (Å²) in [6, 6.07) is 9.19. The first-order valence-corrected chi connectivity index (χ1v) is 4.43. The number of Topliss-reactive ketones (excluding diaryl/α,β-unsaturated/α-hetero) is 1. The van der Waals surface area contributed by atoms with Crippen LogP contribution in [0.25, 0.3) is 0 Å². The first-order chi connectivity index (χ1) is 6.66. The number of hydrogen-bond acceptors (Lipinski definition) is 3. The quantitative estimate of drug-likeness (QED) is 0.786. The number of rotatable bonds is 4. The maximum Gasteiger partial charge on any atom is 0.161 e. The van der Waals surface area contributed by atoms with Crippen LogP contribution >= 0.6 is 0 Å². The summed E-state index contributed by atoms with van der Waals surface area (Å²) in [4.78, 5) is 11.0. The van der Waals surface area contributed by atoms with Gasteiger partial charge in [-0.05, 0) is 12.5 Å². The Labute approximate surface area is 83.3 Å². The Balaban J connectivity index is 2.87. The van der Waals surface area contributed by atoms with Crippen LogP contribution in [-0.2, 0) is 9.53 Å². The molecule has 0 spiro atoms. The molecule has 14 heavy (non-hydrogen) atoms. The van der Waals surface area contributed by atoms with Gasteiger partial charge in [-0.15, -0.1) is 0 Å². The van der Waals surface area contributed by atoms with E-state index >= 15 is 0 Å². The molecular weight excluding hydrogens is 180 g/mol. The number of hydrogen-bond donors (Lipinski definition) is 1. The van der Waals surface area contributed by atoms with Crippen molar-refractivity contribution in [1.29, 1.82) is 0 Å². The van der Waals surface area contributed by atoms with Crippen LogP contribution in [0, 0.1) is 0 Å². The number of aliphatic hydroxyl groups is 1. The molecule has 76 valence electrons. The Morgan fingerprint density at radius 2 is 1.93 bits per heavy atom. The van der Waals surface area contributed by atoms with Crippen LogP contribution in [0.2, 0.25) is 0 Å². The van der Waals surface area contributed by atoms with Crippen molar-refractivity contribution in [3.05, 3.63) is 35.9 Å². The van der Waals surface area contributed by atoms with Crippen LogP contribution < -0.4 is 0 Å². The number of aliphatic hydroxyl groups excluding tert-OH is 1. The van der Waals surface area contributed by atoms with Gasteiger partial charge in [-0.3, -0.25) is 4.79 Å². The lowest BCUT2D eigenvalue weighted by atomic mass is 10.0. The first kappa shape index (κ1) is 10.9. The molecule has 0 heterocycles. The summed E-state index contributed by atoms with van der Waals surface area (Å²) in [6.07, 6.45) is -1.67. The summed E-state index contributed by atoms with van der Waals surface area (Å²) in [7, 11) is 1.48. The molecule has 0 saturated carbocycles. The Bertz CT molecular complexity index is 295. The molecule has 0 bridgehead atoms. The SMILES string of the molecule is CO[C@H](c1ccccc1)[C@@H](O)C(C)=O. The third-order valence-corrected chi connectivity index (χ3v) is 2.09. The summed E-state index contributed by atoms with van der Waals surface area (Å²) in [6.45, 7) is 1.35. The summed E-state index contributed by atoms with van der Waals surface area (Å²) in [5.74, 6) is -0.291. The molecule has 1 aromatic carbocycles. The molecule has 0 aliphatic heterocycles. The lowest BCUT2D eigenvalue weighted by Gasteiger charge is -2.19. The van der Waals surface area contributed by atoms with Crippen molar-refractivity contribution < 1.29 is 14.6 Å². The summed E-state index contributed by atoms with van der Waals surface area (Å²) in [5, 5.41) is 9.57. The van der Waals surface area contributed by atoms with Crippen molar-refractivity contribution in [2.45, 2.75) is 19.1 Å². The average Bonchev–Trinajstić information content (AvgIpc) is 2.20. The molecule has 0 aliphatic carbocycles. The fourth-order valence-corrected chi connectivity index (χ4v) is 1.30. The number of methoxy groups -OCH3 is 1. The maximum absolute atomic E-state index is 11.0. The van der Waals surface area contributed by atoms with Gasteiger partial charge in [0, 0.05) is 7.11 Å². The summed E-state index contributed by atoms with van der Waals surface area (Å²) in [5.41, 5.74) is 0.803. The summed E-state index contributed by atoms with van der Waals surface area (Å²) >= 11 is 0. The zero-order valence-corrected chi connectivity index (χ0v) is 8.31. The van der Waals surface area contributed by atoms with Crippen molar-refractivity contribution in [2.75, 3.05) is 7.11 Å². The molecule has 1 N–H and O–H groups in total. The van der Waals surface area contributed by atoms with E-state index in [9.17, 15) is 9.90 Å². The number of benzene rings is 1. The van der Waals surface area contributed by atoms with E-state index < -0.39 is 12.2 Å². The van der Waals surface area contributed by atoms with Crippen LogP contribution in [-0.4, -0.2) is 24.1 Å². The predicted octanol–water partition coefficient (Wildman–Crippen LogP) is 1.32. The molecule has 3 heteroatoms. The van der Waals surface area contributed by atoms with Crippen LogP contribution in [0.3, 0.4) is 0 Å². The van der Waals surface area contributed by atoms with Gasteiger partial charge >= 0.3 is 0 Å². The largest absolute Gasteiger partial charge is 0.382 e. The Morgan fingerprint density at radius 1 is 1.36 bits per heavy atom. The summed E-state index contributed by atoms with van der Waals surface area (Å²) < 4.78 is 5.09. The Kier molecular flexibility index (Phi) is 3.80. The van der Waals surface area contributed by atoms with E-state index in [1.54, 1.807) is 0 Å². The molecule has 0 fully saturated rings. The van der Waals surface area contributed by atoms with Gasteiger partial charge < -0.3 is 9.84 Å². The number of carbonyl (C=O) groups is 1. The standard InChI is InChI=1S/C11H14O3/c1-8(12)10(13)11(14-2)9-6-4-3-5-7-9/h3-7,10-11,13H,1-2H3/t10-,11+/m0/s1. The van der Waals surface area contributed by atoms with Gasteiger partial charge in [0.2, 0.25) is 0 Å². The lowest BCUT2D eigenvalue weighted by Crippen LogP contribution is -2.27. The molecule has 0 aliphatic rings. The number of ether oxygens (including phenoxy) is 1. The molecule has 0 unspecified atom stereocenters. The second-order valence-corrected chi connectivity index (χ2v) is 3.12. The highest BCUT2D eigenvalue weighted by Gasteiger charge is 2.24. The van der Waals surface area contributed by atoms with Gasteiger partial charge in [0.25, 0.3) is 0 Å². The normalized spacial score (nSPS) is 14.8. The highest BCUT2D eigenvalue weighted by atomic mass is 16.5. The minimum absolute atomic E-state index is 0.291. The van der Waals surface area contributed by atoms with Crippen LogP contribution in [0.15, 0.2) is 30.3 Å². The van der Waals surface area contributed by atoms with Crippen LogP contribution in [0.5, 0.6) is 0 Å². The molecule has 1 aromatic rings. The Morgan fingerprint density at radius 3 is 2.36 bits per heavy atom. The fraction of sp³-hybridized carbons (Fsp3) is 0.364. The second-order valence-electron chi connectivity index (χ2n) is 3.12. The molecule has 0 saturated heterocycles. The predicted molar refractivity (Wildman–Crippen MR) is 52.9 cm³/mol. The zero-order valence-electron chi connectivity index (χ0n) is 8.31. The molecular formula is C11H14O3. The smallest absolute Gasteiger partial charge is 0.161 e. The van der Waals surface area contributed by atoms with Crippen LogP contribution in [0.1, 0.15) is 18.6 Å². The molecule has 0 radical (unpaired) electrons. The van der Waals surface area contributed by atoms with E-state index in [0.717, 1.165) is 5.56 Å². The molecule has 2 atom stereocenters. The van der Waals surface area contributed by atoms with E-state index in [-0.39, 0.29) is 5.78 Å². The van der Waals surface area contributed by atoms with Gasteiger partial charge in [0.15, 0.2) is 5.78 Å². The van der Waals surface area contributed by atoms with E-state index in [2.05, 4.69) is 0 Å². The fourth-order valence-electron chi connectivity index (χ4n) is 1.30. The van der Waals surface area contributed by atoms with Crippen molar-refractivity contribution in [3.8, 4) is 0 Å². The minimum Gasteiger partial charge on any atom is -0.382 e. The highest BCUT2D eigenvalue weighted by molar-refractivity contribution is 5.81. The number of ketones is 1.